The first-order valence-electron chi connectivity index (χ1n) is 8.73. The number of rotatable bonds is 5. The van der Waals surface area contributed by atoms with Crippen LogP contribution in [0, 0.1) is 0 Å². The molecule has 4 rings (SSSR count). The van der Waals surface area contributed by atoms with Crippen LogP contribution in [0.1, 0.15) is 23.2 Å². The van der Waals surface area contributed by atoms with Crippen molar-refractivity contribution in [2.75, 3.05) is 13.7 Å². The molecule has 0 saturated carbocycles. The number of para-hydroxylation sites is 2. The van der Waals surface area contributed by atoms with Gasteiger partial charge in [-0.2, -0.15) is 10.2 Å². The lowest BCUT2D eigenvalue weighted by Gasteiger charge is -2.24. The minimum Gasteiger partial charge on any atom is -0.494 e. The molecule has 7 nitrogen and oxygen atoms in total. The van der Waals surface area contributed by atoms with Crippen molar-refractivity contribution in [2.24, 2.45) is 0 Å². The molecular formula is C19H21N5O2. The van der Waals surface area contributed by atoms with Crippen molar-refractivity contribution in [3.05, 3.63) is 60.7 Å². The Hall–Kier alpha value is -3.09. The van der Waals surface area contributed by atoms with Crippen molar-refractivity contribution in [3.63, 3.8) is 0 Å². The molecule has 134 valence electrons. The monoisotopic (exact) mass is 351 g/mol. The van der Waals surface area contributed by atoms with Crippen molar-refractivity contribution < 1.29 is 9.53 Å². The molecular weight excluding hydrogens is 330 g/mol. The lowest BCUT2D eigenvalue weighted by Crippen LogP contribution is -2.38. The summed E-state index contributed by atoms with van der Waals surface area (Å²) in [4.78, 5) is 14.9. The predicted octanol–water partition coefficient (Wildman–Crippen LogP) is 2.38. The number of nitrogens with zero attached hydrogens (tertiary/aromatic N) is 5. The van der Waals surface area contributed by atoms with Gasteiger partial charge in [0.15, 0.2) is 0 Å². The Morgan fingerprint density at radius 3 is 2.96 bits per heavy atom. The number of methoxy groups -OCH3 is 1. The fourth-order valence-corrected chi connectivity index (χ4v) is 3.47. The van der Waals surface area contributed by atoms with Gasteiger partial charge in [0.05, 0.1) is 31.5 Å². The van der Waals surface area contributed by atoms with Gasteiger partial charge in [-0.3, -0.25) is 9.48 Å². The van der Waals surface area contributed by atoms with Crippen LogP contribution in [0.4, 0.5) is 0 Å². The smallest absolute Gasteiger partial charge is 0.257 e. The molecule has 1 aliphatic rings. The Balaban J connectivity index is 1.54. The summed E-state index contributed by atoms with van der Waals surface area (Å²) in [5.74, 6) is 0.730. The summed E-state index contributed by atoms with van der Waals surface area (Å²) in [6.45, 7) is 1.49. The van der Waals surface area contributed by atoms with Gasteiger partial charge >= 0.3 is 0 Å². The Bertz CT molecular complexity index is 887. The third-order valence-corrected chi connectivity index (χ3v) is 4.76. The van der Waals surface area contributed by atoms with E-state index in [2.05, 4.69) is 10.2 Å². The fraction of sp³-hybridized carbons (Fsp3) is 0.316. The first kappa shape index (κ1) is 16.4. The molecule has 0 N–H and O–H groups in total. The van der Waals surface area contributed by atoms with E-state index in [1.165, 1.54) is 0 Å². The maximum atomic E-state index is 13.0. The Morgan fingerprint density at radius 1 is 1.27 bits per heavy atom. The number of hydrogen-bond donors (Lipinski definition) is 0. The van der Waals surface area contributed by atoms with Gasteiger partial charge in [0.2, 0.25) is 0 Å². The average molecular weight is 351 g/mol. The quantitative estimate of drug-likeness (QED) is 0.708. The minimum absolute atomic E-state index is 0.0146. The summed E-state index contributed by atoms with van der Waals surface area (Å²) in [6, 6.07) is 9.68. The van der Waals surface area contributed by atoms with Crippen molar-refractivity contribution in [1.29, 1.82) is 0 Å². The molecule has 26 heavy (non-hydrogen) atoms. The van der Waals surface area contributed by atoms with Gasteiger partial charge in [-0.15, -0.1) is 0 Å². The Morgan fingerprint density at radius 2 is 2.15 bits per heavy atom. The van der Waals surface area contributed by atoms with E-state index in [0.29, 0.717) is 11.3 Å². The van der Waals surface area contributed by atoms with Crippen LogP contribution in [0.25, 0.3) is 5.69 Å². The molecule has 1 amide bonds. The van der Waals surface area contributed by atoms with Gasteiger partial charge in [-0.25, -0.2) is 4.68 Å². The van der Waals surface area contributed by atoms with Crippen LogP contribution in [0.2, 0.25) is 0 Å². The van der Waals surface area contributed by atoms with Gasteiger partial charge in [0, 0.05) is 25.1 Å². The number of carbonyl (C=O) groups excluding carboxylic acids is 1. The summed E-state index contributed by atoms with van der Waals surface area (Å²) < 4.78 is 8.95. The second-order valence-electron chi connectivity index (χ2n) is 6.37. The second-order valence-corrected chi connectivity index (χ2v) is 6.37. The molecule has 0 spiro atoms. The lowest BCUT2D eigenvalue weighted by atomic mass is 10.2. The van der Waals surface area contributed by atoms with Gasteiger partial charge in [-0.1, -0.05) is 12.1 Å². The fourth-order valence-electron chi connectivity index (χ4n) is 3.47. The average Bonchev–Trinajstić information content (AvgIpc) is 3.43. The van der Waals surface area contributed by atoms with E-state index < -0.39 is 0 Å². The molecule has 7 heteroatoms. The topological polar surface area (TPSA) is 65.2 Å². The highest BCUT2D eigenvalue weighted by Crippen LogP contribution is 2.24. The summed E-state index contributed by atoms with van der Waals surface area (Å²) in [5, 5.41) is 8.62. The van der Waals surface area contributed by atoms with E-state index >= 15 is 0 Å². The van der Waals surface area contributed by atoms with Gasteiger partial charge in [-0.05, 0) is 31.0 Å². The molecule has 2 aromatic heterocycles. The first-order chi connectivity index (χ1) is 12.8. The zero-order chi connectivity index (χ0) is 17.9. The second kappa shape index (κ2) is 7.03. The molecule has 0 aliphatic carbocycles. The number of likely N-dealkylation sites (tertiary alicyclic amines) is 1. The summed E-state index contributed by atoms with van der Waals surface area (Å²) in [5.41, 5.74) is 1.40. The van der Waals surface area contributed by atoms with Crippen molar-refractivity contribution >= 4 is 5.91 Å². The number of ether oxygens (including phenoxy) is 1. The van der Waals surface area contributed by atoms with E-state index in [1.54, 1.807) is 30.4 Å². The number of aromatic nitrogens is 4. The molecule has 1 saturated heterocycles. The minimum atomic E-state index is 0.0146. The van der Waals surface area contributed by atoms with Gasteiger partial charge in [0.25, 0.3) is 5.91 Å². The standard InChI is InChI=1S/C19H21N5O2/c1-26-18-8-3-2-7-17(18)24-13-15(12-21-24)19(25)23-11-4-6-16(23)14-22-10-5-9-20-22/h2-3,5,7-10,12-13,16H,4,6,11,14H2,1H3. The summed E-state index contributed by atoms with van der Waals surface area (Å²) in [7, 11) is 1.62. The zero-order valence-electron chi connectivity index (χ0n) is 14.7. The highest BCUT2D eigenvalue weighted by atomic mass is 16.5. The van der Waals surface area contributed by atoms with E-state index in [-0.39, 0.29) is 11.9 Å². The van der Waals surface area contributed by atoms with Crippen LogP contribution < -0.4 is 4.74 Å². The van der Waals surface area contributed by atoms with Crippen molar-refractivity contribution in [3.8, 4) is 11.4 Å². The van der Waals surface area contributed by atoms with Crippen molar-refractivity contribution in [2.45, 2.75) is 25.4 Å². The third-order valence-electron chi connectivity index (χ3n) is 4.76. The first-order valence-corrected chi connectivity index (χ1v) is 8.73. The van der Waals surface area contributed by atoms with Gasteiger partial charge < -0.3 is 9.64 Å². The number of hydrogen-bond acceptors (Lipinski definition) is 4. The highest BCUT2D eigenvalue weighted by Gasteiger charge is 2.30. The van der Waals surface area contributed by atoms with Crippen LogP contribution in [0.15, 0.2) is 55.1 Å². The zero-order valence-corrected chi connectivity index (χ0v) is 14.7. The molecule has 0 radical (unpaired) electrons. The maximum Gasteiger partial charge on any atom is 0.257 e. The maximum absolute atomic E-state index is 13.0. The molecule has 1 aliphatic heterocycles. The highest BCUT2D eigenvalue weighted by molar-refractivity contribution is 5.94. The normalized spacial score (nSPS) is 16.8. The van der Waals surface area contributed by atoms with E-state index in [0.717, 1.165) is 31.6 Å². The van der Waals surface area contributed by atoms with Crippen LogP contribution >= 0.6 is 0 Å². The van der Waals surface area contributed by atoms with Crippen molar-refractivity contribution in [1.82, 2.24) is 24.5 Å². The number of carbonyl (C=O) groups is 1. The Labute approximate surface area is 151 Å². The van der Waals surface area contributed by atoms with E-state index in [4.69, 9.17) is 4.74 Å². The molecule has 1 atom stereocenters. The number of amides is 1. The summed E-state index contributed by atoms with van der Waals surface area (Å²) >= 11 is 0. The Kier molecular flexibility index (Phi) is 4.43. The van der Waals surface area contributed by atoms with Crippen LogP contribution in [0.3, 0.4) is 0 Å². The summed E-state index contributed by atoms with van der Waals surface area (Å²) in [6.07, 6.45) is 9.09. The van der Waals surface area contributed by atoms with E-state index in [9.17, 15) is 4.79 Å². The SMILES string of the molecule is COc1ccccc1-n1cc(C(=O)N2CCCC2Cn2cccn2)cn1. The van der Waals surface area contributed by atoms with E-state index in [1.807, 2.05) is 46.1 Å². The predicted molar refractivity (Wildman–Crippen MR) is 96.4 cm³/mol. The largest absolute Gasteiger partial charge is 0.494 e. The molecule has 1 fully saturated rings. The van der Waals surface area contributed by atoms with Crippen LogP contribution in [0.5, 0.6) is 5.75 Å². The molecule has 3 aromatic rings. The van der Waals surface area contributed by atoms with Crippen LogP contribution in [-0.4, -0.2) is 50.1 Å². The van der Waals surface area contributed by atoms with Crippen LogP contribution in [-0.2, 0) is 6.54 Å². The van der Waals surface area contributed by atoms with Gasteiger partial charge in [0.1, 0.15) is 11.4 Å². The number of benzene rings is 1. The molecule has 0 bridgehead atoms. The lowest BCUT2D eigenvalue weighted by molar-refractivity contribution is 0.0721. The third kappa shape index (κ3) is 3.08. The molecule has 1 aromatic carbocycles. The molecule has 3 heterocycles. The molecule has 1 unspecified atom stereocenters.